The molecule has 1 aromatic carbocycles. The highest BCUT2D eigenvalue weighted by Crippen LogP contribution is 2.32. The Morgan fingerprint density at radius 2 is 2.12 bits per heavy atom. The van der Waals surface area contributed by atoms with Crippen LogP contribution in [-0.4, -0.2) is 25.9 Å². The second-order valence-electron chi connectivity index (χ2n) is 4.93. The van der Waals surface area contributed by atoms with E-state index in [1.54, 1.807) is 4.68 Å². The van der Waals surface area contributed by atoms with E-state index in [1.165, 1.54) is 22.7 Å². The zero-order valence-corrected chi connectivity index (χ0v) is 14.5. The summed E-state index contributed by atoms with van der Waals surface area (Å²) >= 11 is 8.76. The second kappa shape index (κ2) is 6.31. The summed E-state index contributed by atoms with van der Waals surface area (Å²) in [6.07, 6.45) is 0. The number of para-hydroxylation sites is 1. The molecule has 0 unspecified atom stereocenters. The van der Waals surface area contributed by atoms with Crippen molar-refractivity contribution in [3.8, 4) is 10.6 Å². The number of thiophene rings is 1. The first kappa shape index (κ1) is 15.3. The van der Waals surface area contributed by atoms with E-state index in [9.17, 15) is 4.79 Å². The Hall–Kier alpha value is -2.29. The maximum absolute atomic E-state index is 12.2. The first-order valence-electron chi connectivity index (χ1n) is 6.98. The molecular weight excluding hydrogens is 366 g/mol. The fraction of sp³-hybridized carbons (Fsp3) is 0.0667. The average molecular weight is 376 g/mol. The van der Waals surface area contributed by atoms with Crippen LogP contribution in [0.1, 0.15) is 0 Å². The highest BCUT2D eigenvalue weighted by molar-refractivity contribution is 7.20. The van der Waals surface area contributed by atoms with Gasteiger partial charge in [-0.25, -0.2) is 9.67 Å². The van der Waals surface area contributed by atoms with Crippen molar-refractivity contribution < 1.29 is 4.79 Å². The van der Waals surface area contributed by atoms with Gasteiger partial charge < -0.3 is 5.32 Å². The van der Waals surface area contributed by atoms with Gasteiger partial charge in [0.25, 0.3) is 0 Å². The van der Waals surface area contributed by atoms with Gasteiger partial charge in [-0.1, -0.05) is 28.9 Å². The molecule has 0 saturated heterocycles. The molecule has 0 aliphatic carbocycles. The van der Waals surface area contributed by atoms with Crippen LogP contribution in [0.2, 0.25) is 4.34 Å². The molecule has 0 atom stereocenters. The van der Waals surface area contributed by atoms with Crippen LogP contribution in [0.4, 0.5) is 5.13 Å². The van der Waals surface area contributed by atoms with E-state index in [-0.39, 0.29) is 12.5 Å². The fourth-order valence-corrected chi connectivity index (χ4v) is 4.03. The summed E-state index contributed by atoms with van der Waals surface area (Å²) in [6.45, 7) is 0.0836. The minimum absolute atomic E-state index is 0.0836. The van der Waals surface area contributed by atoms with Crippen molar-refractivity contribution in [2.45, 2.75) is 6.54 Å². The van der Waals surface area contributed by atoms with Crippen LogP contribution in [-0.2, 0) is 11.3 Å². The number of anilines is 1. The van der Waals surface area contributed by atoms with Crippen molar-refractivity contribution in [2.24, 2.45) is 0 Å². The summed E-state index contributed by atoms with van der Waals surface area (Å²) in [5, 5.41) is 13.3. The van der Waals surface area contributed by atoms with E-state index < -0.39 is 0 Å². The number of carbonyl (C=O) groups excluding carboxylic acids is 1. The summed E-state index contributed by atoms with van der Waals surface area (Å²) in [6, 6.07) is 11.2. The number of halogens is 1. The van der Waals surface area contributed by atoms with Crippen LogP contribution in [0, 0.1) is 0 Å². The molecule has 4 aromatic rings. The van der Waals surface area contributed by atoms with Gasteiger partial charge in [0, 0.05) is 5.38 Å². The van der Waals surface area contributed by atoms with Gasteiger partial charge in [-0.2, -0.15) is 0 Å². The Labute approximate surface area is 149 Å². The molecule has 0 fully saturated rings. The molecule has 4 rings (SSSR count). The predicted molar refractivity (Wildman–Crippen MR) is 96.6 cm³/mol. The monoisotopic (exact) mass is 375 g/mol. The number of hydrogen-bond donors (Lipinski definition) is 1. The highest BCUT2D eigenvalue weighted by Gasteiger charge is 2.12. The third-order valence-corrected chi connectivity index (χ3v) is 5.30. The average Bonchev–Trinajstić information content (AvgIpc) is 3.28. The first-order valence-corrected chi connectivity index (χ1v) is 9.06. The topological polar surface area (TPSA) is 72.7 Å². The third kappa shape index (κ3) is 3.03. The summed E-state index contributed by atoms with van der Waals surface area (Å²) < 4.78 is 2.28. The Kier molecular flexibility index (Phi) is 4.01. The largest absolute Gasteiger partial charge is 0.300 e. The lowest BCUT2D eigenvalue weighted by atomic mass is 10.3. The maximum atomic E-state index is 12.2. The predicted octanol–water partition coefficient (Wildman–Crippen LogP) is 3.91. The van der Waals surface area contributed by atoms with Crippen LogP contribution >= 0.6 is 34.3 Å². The lowest BCUT2D eigenvalue weighted by Gasteiger charge is -2.02. The molecule has 1 N–H and O–H groups in total. The summed E-state index contributed by atoms with van der Waals surface area (Å²) in [7, 11) is 0. The SMILES string of the molecule is O=C(Cn1nnc2ccccc21)Nc1nc(-c2ccc(Cl)s2)cs1. The van der Waals surface area contributed by atoms with Crippen molar-refractivity contribution in [3.63, 3.8) is 0 Å². The number of nitrogens with one attached hydrogen (secondary N) is 1. The van der Waals surface area contributed by atoms with Crippen molar-refractivity contribution >= 4 is 56.3 Å². The van der Waals surface area contributed by atoms with Crippen LogP contribution in [0.5, 0.6) is 0 Å². The molecule has 6 nitrogen and oxygen atoms in total. The molecule has 24 heavy (non-hydrogen) atoms. The molecular formula is C15H10ClN5OS2. The van der Waals surface area contributed by atoms with Crippen molar-refractivity contribution in [1.82, 2.24) is 20.0 Å². The second-order valence-corrected chi connectivity index (χ2v) is 7.50. The van der Waals surface area contributed by atoms with E-state index in [2.05, 4.69) is 20.6 Å². The molecule has 0 bridgehead atoms. The minimum atomic E-state index is -0.198. The number of nitrogens with zero attached hydrogens (tertiary/aromatic N) is 4. The summed E-state index contributed by atoms with van der Waals surface area (Å²) in [4.78, 5) is 17.6. The van der Waals surface area contributed by atoms with Crippen LogP contribution in [0.25, 0.3) is 21.6 Å². The normalized spacial score (nSPS) is 11.0. The van der Waals surface area contributed by atoms with E-state index in [4.69, 9.17) is 11.6 Å². The molecule has 1 amide bonds. The van der Waals surface area contributed by atoms with E-state index >= 15 is 0 Å². The fourth-order valence-electron chi connectivity index (χ4n) is 2.23. The molecule has 0 aliphatic heterocycles. The quantitative estimate of drug-likeness (QED) is 0.587. The van der Waals surface area contributed by atoms with E-state index in [0.29, 0.717) is 9.47 Å². The molecule has 0 saturated carbocycles. The Morgan fingerprint density at radius 3 is 2.96 bits per heavy atom. The Balaban J connectivity index is 1.47. The van der Waals surface area contributed by atoms with Crippen molar-refractivity contribution in [3.05, 3.63) is 46.1 Å². The lowest BCUT2D eigenvalue weighted by Crippen LogP contribution is -2.19. The number of rotatable bonds is 4. The smallest absolute Gasteiger partial charge is 0.247 e. The third-order valence-electron chi connectivity index (χ3n) is 3.29. The van der Waals surface area contributed by atoms with Crippen molar-refractivity contribution in [2.75, 3.05) is 5.32 Å². The maximum Gasteiger partial charge on any atom is 0.247 e. The molecule has 0 spiro atoms. The van der Waals surface area contributed by atoms with Crippen LogP contribution in [0.15, 0.2) is 41.8 Å². The molecule has 3 heterocycles. The Morgan fingerprint density at radius 1 is 1.25 bits per heavy atom. The number of benzene rings is 1. The number of thiazole rings is 1. The van der Waals surface area contributed by atoms with Crippen LogP contribution < -0.4 is 5.32 Å². The zero-order valence-electron chi connectivity index (χ0n) is 12.1. The zero-order chi connectivity index (χ0) is 16.5. The standard InChI is InChI=1S/C15H10ClN5OS2/c16-13-6-5-12(24-13)10-8-23-15(17-10)18-14(22)7-21-11-4-2-1-3-9(11)19-20-21/h1-6,8H,7H2,(H,17,18,22). The first-order chi connectivity index (χ1) is 11.7. The Bertz CT molecular complexity index is 1020. The summed E-state index contributed by atoms with van der Waals surface area (Å²) in [5.41, 5.74) is 2.38. The van der Waals surface area contributed by atoms with Gasteiger partial charge in [-0.15, -0.1) is 27.8 Å². The van der Waals surface area contributed by atoms with Gasteiger partial charge >= 0.3 is 0 Å². The molecule has 0 aliphatic rings. The molecule has 120 valence electrons. The van der Waals surface area contributed by atoms with Gasteiger partial charge in [-0.3, -0.25) is 4.79 Å². The minimum Gasteiger partial charge on any atom is -0.300 e. The van der Waals surface area contributed by atoms with Crippen molar-refractivity contribution in [1.29, 1.82) is 0 Å². The number of hydrogen-bond acceptors (Lipinski definition) is 6. The highest BCUT2D eigenvalue weighted by atomic mass is 35.5. The number of carbonyl (C=O) groups is 1. The lowest BCUT2D eigenvalue weighted by molar-refractivity contribution is -0.116. The number of aromatic nitrogens is 4. The van der Waals surface area contributed by atoms with Gasteiger partial charge in [0.15, 0.2) is 5.13 Å². The van der Waals surface area contributed by atoms with Gasteiger partial charge in [0.1, 0.15) is 12.1 Å². The van der Waals surface area contributed by atoms with E-state index in [0.717, 1.165) is 21.6 Å². The van der Waals surface area contributed by atoms with Crippen LogP contribution in [0.3, 0.4) is 0 Å². The molecule has 9 heteroatoms. The molecule has 3 aromatic heterocycles. The number of fused-ring (bicyclic) bond motifs is 1. The van der Waals surface area contributed by atoms with Gasteiger partial charge in [0.05, 0.1) is 20.4 Å². The summed E-state index contributed by atoms with van der Waals surface area (Å²) in [5.74, 6) is -0.198. The number of amides is 1. The molecule has 0 radical (unpaired) electrons. The van der Waals surface area contributed by atoms with E-state index in [1.807, 2.05) is 41.8 Å². The van der Waals surface area contributed by atoms with Gasteiger partial charge in [-0.05, 0) is 24.3 Å². The van der Waals surface area contributed by atoms with Gasteiger partial charge in [0.2, 0.25) is 5.91 Å².